The van der Waals surface area contributed by atoms with E-state index in [1.165, 1.54) is 0 Å². The van der Waals surface area contributed by atoms with Crippen molar-refractivity contribution in [3.05, 3.63) is 64.4 Å². The highest BCUT2D eigenvalue weighted by Gasteiger charge is 2.62. The van der Waals surface area contributed by atoms with Gasteiger partial charge in [-0.15, -0.1) is 0 Å². The van der Waals surface area contributed by atoms with Gasteiger partial charge in [0.2, 0.25) is 5.91 Å². The van der Waals surface area contributed by atoms with Crippen molar-refractivity contribution in [3.63, 3.8) is 0 Å². The number of ether oxygens (including phenoxy) is 2. The first-order chi connectivity index (χ1) is 19.1. The molecule has 3 fully saturated rings. The molecule has 8 nitrogen and oxygen atoms in total. The number of likely N-dealkylation sites (tertiary alicyclic amines) is 1. The molecular weight excluding hydrogens is 508 g/mol. The monoisotopic (exact) mass is 548 g/mol. The van der Waals surface area contributed by atoms with Gasteiger partial charge in [0.05, 0.1) is 26.2 Å². The normalized spacial score (nSPS) is 32.9. The van der Waals surface area contributed by atoms with Crippen LogP contribution in [0.3, 0.4) is 0 Å². The highest BCUT2D eigenvalue weighted by Crippen LogP contribution is 2.52. The number of rotatable bonds is 6. The van der Waals surface area contributed by atoms with Crippen molar-refractivity contribution in [3.8, 4) is 17.2 Å². The summed E-state index contributed by atoms with van der Waals surface area (Å²) < 4.78 is 11.6. The molecule has 2 aromatic rings. The maximum Gasteiger partial charge on any atom is 0.246 e. The van der Waals surface area contributed by atoms with Crippen LogP contribution in [-0.2, 0) is 11.2 Å². The van der Waals surface area contributed by atoms with Crippen molar-refractivity contribution in [1.29, 1.82) is 0 Å². The minimum Gasteiger partial charge on any atom is -0.632 e. The van der Waals surface area contributed by atoms with E-state index >= 15 is 0 Å². The number of phenols is 1. The number of fused-ring (bicyclic) bond motifs is 2. The Hall–Kier alpha value is -3.07. The maximum absolute atomic E-state index is 14.5. The van der Waals surface area contributed by atoms with Gasteiger partial charge in [-0.1, -0.05) is 18.2 Å². The van der Waals surface area contributed by atoms with Crippen LogP contribution in [0.2, 0.25) is 0 Å². The molecule has 6 rings (SSSR count). The fourth-order valence-electron chi connectivity index (χ4n) is 7.53. The Labute approximate surface area is 236 Å². The molecule has 2 N–H and O–H groups in total. The lowest BCUT2D eigenvalue weighted by molar-refractivity contribution is -0.923. The Balaban J connectivity index is 1.35. The molecule has 0 spiro atoms. The lowest BCUT2D eigenvalue weighted by atomic mass is 9.62. The zero-order valence-corrected chi connectivity index (χ0v) is 23.6. The van der Waals surface area contributed by atoms with E-state index in [0.29, 0.717) is 56.2 Å². The van der Waals surface area contributed by atoms with Gasteiger partial charge in [-0.2, -0.15) is 0 Å². The summed E-state index contributed by atoms with van der Waals surface area (Å²) in [4.78, 5) is 15.1. The average Bonchev–Trinajstić information content (AvgIpc) is 3.75. The number of likely N-dealkylation sites (N-methyl/N-ethyl adjacent to an activating group) is 1. The number of methoxy groups -OCH3 is 1. The Morgan fingerprint density at radius 3 is 2.80 bits per heavy atom. The van der Waals surface area contributed by atoms with Gasteiger partial charge >= 0.3 is 0 Å². The number of carbonyl (C=O) groups excluding carboxylic acids is 1. The summed E-state index contributed by atoms with van der Waals surface area (Å²) in [5.41, 5.74) is 1.36. The quantitative estimate of drug-likeness (QED) is 0.319. The first-order valence-corrected chi connectivity index (χ1v) is 14.5. The number of aliphatic hydroxyl groups is 1. The third-order valence-corrected chi connectivity index (χ3v) is 10.0. The van der Waals surface area contributed by atoms with Gasteiger partial charge in [-0.3, -0.25) is 4.79 Å². The third kappa shape index (κ3) is 4.66. The zero-order valence-electron chi connectivity index (χ0n) is 23.6. The molecule has 2 aliphatic heterocycles. The van der Waals surface area contributed by atoms with Crippen LogP contribution in [0, 0.1) is 24.0 Å². The molecule has 6 bridgehead atoms. The van der Waals surface area contributed by atoms with E-state index < -0.39 is 17.7 Å². The van der Waals surface area contributed by atoms with Crippen LogP contribution in [0.5, 0.6) is 17.2 Å². The molecule has 2 saturated carbocycles. The molecule has 40 heavy (non-hydrogen) atoms. The molecular formula is C32H40N2O6. The number of hydrogen-bond donors (Lipinski definition) is 2. The number of phenolic OH excluding ortho intramolecular Hbond substituents is 1. The largest absolute Gasteiger partial charge is 0.632 e. The number of benzene rings is 2. The molecule has 2 unspecified atom stereocenters. The van der Waals surface area contributed by atoms with Crippen molar-refractivity contribution in [1.82, 2.24) is 4.90 Å². The van der Waals surface area contributed by atoms with Crippen LogP contribution in [0.1, 0.15) is 48.8 Å². The lowest BCUT2D eigenvalue weighted by Gasteiger charge is -2.63. The first kappa shape index (κ1) is 27.1. The number of hydroxylamine groups is 3. The second-order valence-corrected chi connectivity index (χ2v) is 12.4. The summed E-state index contributed by atoms with van der Waals surface area (Å²) in [6.45, 7) is 2.88. The highest BCUT2D eigenvalue weighted by atomic mass is 16.6. The molecule has 2 heterocycles. The summed E-state index contributed by atoms with van der Waals surface area (Å²) in [6, 6.07) is 10.1. The second kappa shape index (κ2) is 10.1. The Morgan fingerprint density at radius 1 is 1.25 bits per heavy atom. The summed E-state index contributed by atoms with van der Waals surface area (Å²) in [7, 11) is 3.38. The topological polar surface area (TPSA) is 102 Å². The number of nitrogens with zero attached hydrogens (tertiary/aromatic N) is 2. The van der Waals surface area contributed by atoms with Gasteiger partial charge in [0, 0.05) is 37.8 Å². The zero-order chi connectivity index (χ0) is 28.2. The third-order valence-electron chi connectivity index (χ3n) is 10.0. The van der Waals surface area contributed by atoms with E-state index in [0.717, 1.165) is 29.5 Å². The number of carbonyl (C=O) groups is 1. The summed E-state index contributed by atoms with van der Waals surface area (Å²) in [6.07, 6.45) is 6.82. The van der Waals surface area contributed by atoms with Gasteiger partial charge < -0.3 is 34.4 Å². The van der Waals surface area contributed by atoms with Crippen molar-refractivity contribution in [2.45, 2.75) is 69.2 Å². The minimum atomic E-state index is -1.22. The van der Waals surface area contributed by atoms with E-state index in [9.17, 15) is 20.2 Å². The van der Waals surface area contributed by atoms with E-state index in [2.05, 4.69) is 0 Å². The Morgan fingerprint density at radius 2 is 2.05 bits per heavy atom. The average molecular weight is 549 g/mol. The SMILES string of the molecule is COc1cccc(/C=C/C(=O)N(C)[C@@H]2CC[C@]3(O)C4CC[N+]([O-])(CC5CC5)[C@H]3Cc3ccc(O)c(c3C)O[C@H]42)c1. The van der Waals surface area contributed by atoms with Gasteiger partial charge in [0.15, 0.2) is 11.5 Å². The van der Waals surface area contributed by atoms with E-state index in [1.807, 2.05) is 37.3 Å². The molecule has 6 atom stereocenters. The lowest BCUT2D eigenvalue weighted by Crippen LogP contribution is -2.74. The number of piperidine rings is 1. The van der Waals surface area contributed by atoms with Crippen LogP contribution in [0.15, 0.2) is 42.5 Å². The van der Waals surface area contributed by atoms with Crippen LogP contribution in [0.4, 0.5) is 0 Å². The predicted octanol–water partition coefficient (Wildman–Crippen LogP) is 4.19. The van der Waals surface area contributed by atoms with Crippen LogP contribution >= 0.6 is 0 Å². The maximum atomic E-state index is 14.5. The van der Waals surface area contributed by atoms with Crippen LogP contribution < -0.4 is 9.47 Å². The molecule has 1 saturated heterocycles. The van der Waals surface area contributed by atoms with Crippen molar-refractivity contribution < 1.29 is 29.1 Å². The standard InChI is InChI=1S/C32H40N2O6/c1-20-23-10-11-27(35)30(20)40-31-25-14-16-34(38,19-22-7-8-22)28(18-23)32(25,37)15-13-26(31)33(2)29(36)12-9-21-5-4-6-24(17-21)39-3/h4-6,9-12,17,22,25-26,28,31,35,37H,7-8,13-16,18-19H2,1-3H3/b12-9+/t25?,26-,28+,31-,32+,34?/m1/s1. The molecule has 2 aliphatic carbocycles. The van der Waals surface area contributed by atoms with Crippen molar-refractivity contribution in [2.75, 3.05) is 27.2 Å². The molecule has 2 aromatic carbocycles. The van der Waals surface area contributed by atoms with E-state index in [4.69, 9.17) is 9.47 Å². The second-order valence-electron chi connectivity index (χ2n) is 12.4. The van der Waals surface area contributed by atoms with Gasteiger partial charge in [-0.25, -0.2) is 0 Å². The number of quaternary nitrogens is 1. The van der Waals surface area contributed by atoms with Gasteiger partial charge in [-0.05, 0) is 73.6 Å². The minimum absolute atomic E-state index is 0.0401. The van der Waals surface area contributed by atoms with Crippen molar-refractivity contribution >= 4 is 12.0 Å². The van der Waals surface area contributed by atoms with Gasteiger partial charge in [0.1, 0.15) is 23.5 Å². The molecule has 0 radical (unpaired) electrons. The number of aromatic hydroxyl groups is 1. The van der Waals surface area contributed by atoms with E-state index in [-0.39, 0.29) is 28.3 Å². The molecule has 214 valence electrons. The smallest absolute Gasteiger partial charge is 0.246 e. The summed E-state index contributed by atoms with van der Waals surface area (Å²) >= 11 is 0. The molecule has 4 aliphatic rings. The Kier molecular flexibility index (Phi) is 6.84. The van der Waals surface area contributed by atoms with Gasteiger partial charge in [0.25, 0.3) is 0 Å². The summed E-state index contributed by atoms with van der Waals surface area (Å²) in [5, 5.41) is 37.7. The first-order valence-electron chi connectivity index (χ1n) is 14.5. The predicted molar refractivity (Wildman–Crippen MR) is 152 cm³/mol. The fraction of sp³-hybridized carbons (Fsp3) is 0.531. The highest BCUT2D eigenvalue weighted by molar-refractivity contribution is 5.92. The van der Waals surface area contributed by atoms with Crippen LogP contribution in [0.25, 0.3) is 6.08 Å². The van der Waals surface area contributed by atoms with E-state index in [1.54, 1.807) is 37.3 Å². The summed E-state index contributed by atoms with van der Waals surface area (Å²) in [5.74, 6) is 1.08. The molecule has 0 aromatic heterocycles. The van der Waals surface area contributed by atoms with Crippen LogP contribution in [-0.4, -0.2) is 76.7 Å². The fourth-order valence-corrected chi connectivity index (χ4v) is 7.53. The molecule has 8 heteroatoms. The van der Waals surface area contributed by atoms with Crippen molar-refractivity contribution in [2.24, 2.45) is 11.8 Å². The molecule has 1 amide bonds. The number of hydrogen-bond acceptors (Lipinski definition) is 6. The Bertz CT molecular complexity index is 1320. The number of amides is 1.